The Balaban J connectivity index is 2.09. The van der Waals surface area contributed by atoms with Crippen LogP contribution in [-0.2, 0) is 10.8 Å². The summed E-state index contributed by atoms with van der Waals surface area (Å²) in [6, 6.07) is 10.8. The van der Waals surface area contributed by atoms with E-state index in [1.807, 2.05) is 32.9 Å². The number of para-hydroxylation sites is 1. The highest BCUT2D eigenvalue weighted by Gasteiger charge is 2.26. The van der Waals surface area contributed by atoms with Crippen LogP contribution in [0.2, 0.25) is 0 Å². The van der Waals surface area contributed by atoms with Crippen molar-refractivity contribution >= 4 is 22.5 Å². The molecule has 5 nitrogen and oxygen atoms in total. The summed E-state index contributed by atoms with van der Waals surface area (Å²) in [5, 5.41) is 14.0. The molecule has 1 aromatic heterocycles. The van der Waals surface area contributed by atoms with Crippen molar-refractivity contribution in [2.45, 2.75) is 52.4 Å². The second-order valence-electron chi connectivity index (χ2n) is 9.45. The minimum atomic E-state index is -0.557. The summed E-state index contributed by atoms with van der Waals surface area (Å²) in [5.41, 5.74) is 1.87. The first-order valence-corrected chi connectivity index (χ1v) is 9.69. The highest BCUT2D eigenvalue weighted by atomic mass is 16.3. The highest BCUT2D eigenvalue weighted by Crippen LogP contribution is 2.40. The first-order valence-electron chi connectivity index (χ1n) is 9.69. The lowest BCUT2D eigenvalue weighted by Crippen LogP contribution is -2.23. The third-order valence-electron chi connectivity index (χ3n) is 5.07. The lowest BCUT2D eigenvalue weighted by atomic mass is 9.79. The van der Waals surface area contributed by atoms with Gasteiger partial charge in [-0.15, -0.1) is 0 Å². The van der Waals surface area contributed by atoms with Crippen molar-refractivity contribution in [3.63, 3.8) is 0 Å². The topological polar surface area (TPSA) is 82.2 Å². The molecule has 0 radical (unpaired) electrons. The van der Waals surface area contributed by atoms with Crippen molar-refractivity contribution in [2.75, 3.05) is 5.32 Å². The van der Waals surface area contributed by atoms with E-state index in [2.05, 4.69) is 31.1 Å². The van der Waals surface area contributed by atoms with Crippen LogP contribution < -0.4 is 10.7 Å². The Hall–Kier alpha value is -3.08. The van der Waals surface area contributed by atoms with Crippen LogP contribution in [0, 0.1) is 0 Å². The monoisotopic (exact) mass is 392 g/mol. The first-order chi connectivity index (χ1) is 13.4. The summed E-state index contributed by atoms with van der Waals surface area (Å²) in [5.74, 6) is -0.533. The molecule has 3 N–H and O–H groups in total. The number of hydrogen-bond donors (Lipinski definition) is 3. The van der Waals surface area contributed by atoms with Crippen molar-refractivity contribution in [1.29, 1.82) is 0 Å². The number of benzene rings is 2. The number of aromatic nitrogens is 1. The third-order valence-corrected chi connectivity index (χ3v) is 5.07. The molecule has 0 aliphatic heterocycles. The average molecular weight is 392 g/mol. The Morgan fingerprint density at radius 1 is 1.00 bits per heavy atom. The van der Waals surface area contributed by atoms with Gasteiger partial charge in [-0.2, -0.15) is 0 Å². The average Bonchev–Trinajstić information content (AvgIpc) is 2.61. The number of phenols is 1. The number of pyridine rings is 1. The Labute approximate surface area is 170 Å². The van der Waals surface area contributed by atoms with Crippen LogP contribution in [0.25, 0.3) is 10.9 Å². The SMILES string of the molecule is CC(C)(C)c1cc(NC(=O)c2c[nH]c3ccccc3c2=O)c(O)c(C(C)(C)C)c1. The molecule has 0 saturated heterocycles. The van der Waals surface area contributed by atoms with Gasteiger partial charge >= 0.3 is 0 Å². The molecule has 29 heavy (non-hydrogen) atoms. The number of carbonyl (C=O) groups is 1. The molecule has 0 aliphatic rings. The number of carbonyl (C=O) groups excluding carboxylic acids is 1. The molecule has 0 saturated carbocycles. The van der Waals surface area contributed by atoms with Gasteiger partial charge in [-0.05, 0) is 34.6 Å². The summed E-state index contributed by atoms with van der Waals surface area (Å²) < 4.78 is 0. The van der Waals surface area contributed by atoms with E-state index in [0.29, 0.717) is 16.6 Å². The minimum absolute atomic E-state index is 0.00145. The Morgan fingerprint density at radius 3 is 2.28 bits per heavy atom. The Morgan fingerprint density at radius 2 is 1.66 bits per heavy atom. The number of fused-ring (bicyclic) bond motifs is 1. The molecule has 0 aliphatic carbocycles. The molecule has 1 heterocycles. The number of aromatic hydroxyl groups is 1. The molecule has 1 amide bonds. The predicted molar refractivity (Wildman–Crippen MR) is 118 cm³/mol. The van der Waals surface area contributed by atoms with Gasteiger partial charge in [0.15, 0.2) is 0 Å². The largest absolute Gasteiger partial charge is 0.505 e. The first kappa shape index (κ1) is 20.6. The van der Waals surface area contributed by atoms with E-state index in [0.717, 1.165) is 11.1 Å². The summed E-state index contributed by atoms with van der Waals surface area (Å²) in [6.07, 6.45) is 1.41. The van der Waals surface area contributed by atoms with Crippen LogP contribution in [0.3, 0.4) is 0 Å². The van der Waals surface area contributed by atoms with Gasteiger partial charge < -0.3 is 15.4 Å². The van der Waals surface area contributed by atoms with E-state index in [1.54, 1.807) is 24.3 Å². The van der Waals surface area contributed by atoms with Crippen LogP contribution in [0.15, 0.2) is 47.4 Å². The Kier molecular flexibility index (Phi) is 5.03. The number of rotatable bonds is 2. The van der Waals surface area contributed by atoms with E-state index >= 15 is 0 Å². The maximum absolute atomic E-state index is 12.9. The van der Waals surface area contributed by atoms with Gasteiger partial charge in [-0.1, -0.05) is 59.7 Å². The van der Waals surface area contributed by atoms with Crippen molar-refractivity contribution in [3.8, 4) is 5.75 Å². The predicted octanol–water partition coefficient (Wildman–Crippen LogP) is 5.08. The number of anilines is 1. The molecule has 0 bridgehead atoms. The zero-order valence-electron chi connectivity index (χ0n) is 17.8. The van der Waals surface area contributed by atoms with Crippen LogP contribution in [0.1, 0.15) is 63.0 Å². The van der Waals surface area contributed by atoms with Crippen LogP contribution in [0.5, 0.6) is 5.75 Å². The molecule has 3 rings (SSSR count). The lowest BCUT2D eigenvalue weighted by molar-refractivity contribution is 0.102. The van der Waals surface area contributed by atoms with E-state index in [4.69, 9.17) is 0 Å². The fraction of sp³-hybridized carbons (Fsp3) is 0.333. The number of nitrogens with one attached hydrogen (secondary N) is 2. The van der Waals surface area contributed by atoms with Crippen molar-refractivity contribution in [1.82, 2.24) is 4.98 Å². The molecule has 0 fully saturated rings. The third kappa shape index (κ3) is 4.04. The molecular formula is C24H28N2O3. The Bertz CT molecular complexity index is 1150. The van der Waals surface area contributed by atoms with Gasteiger partial charge in [0.2, 0.25) is 5.43 Å². The van der Waals surface area contributed by atoms with Crippen molar-refractivity contribution in [2.24, 2.45) is 0 Å². The number of H-pyrrole nitrogens is 1. The van der Waals surface area contributed by atoms with E-state index in [9.17, 15) is 14.7 Å². The highest BCUT2D eigenvalue weighted by molar-refractivity contribution is 6.06. The molecular weight excluding hydrogens is 364 g/mol. The molecule has 0 unspecified atom stereocenters. The van der Waals surface area contributed by atoms with Gasteiger partial charge in [-0.3, -0.25) is 9.59 Å². The second-order valence-corrected chi connectivity index (χ2v) is 9.45. The summed E-state index contributed by atoms with van der Waals surface area (Å²) in [7, 11) is 0. The number of amides is 1. The fourth-order valence-electron chi connectivity index (χ4n) is 3.26. The van der Waals surface area contributed by atoms with Crippen LogP contribution >= 0.6 is 0 Å². The fourth-order valence-corrected chi connectivity index (χ4v) is 3.26. The standard InChI is InChI=1S/C24H28N2O3/c1-23(2,3)14-11-17(24(4,5)6)21(28)19(12-14)26-22(29)16-13-25-18-10-8-7-9-15(18)20(16)27/h7-13,28H,1-6H3,(H,25,27)(H,26,29). The number of aromatic amines is 1. The smallest absolute Gasteiger partial charge is 0.261 e. The minimum Gasteiger partial charge on any atom is -0.505 e. The quantitative estimate of drug-likeness (QED) is 0.532. The summed E-state index contributed by atoms with van der Waals surface area (Å²) in [4.78, 5) is 28.7. The zero-order valence-corrected chi connectivity index (χ0v) is 17.8. The zero-order chi connectivity index (χ0) is 21.6. The number of phenolic OH excluding ortho intramolecular Hbond substituents is 1. The molecule has 0 atom stereocenters. The maximum Gasteiger partial charge on any atom is 0.261 e. The van der Waals surface area contributed by atoms with Crippen molar-refractivity contribution < 1.29 is 9.90 Å². The van der Waals surface area contributed by atoms with Crippen molar-refractivity contribution in [3.05, 3.63) is 69.5 Å². The van der Waals surface area contributed by atoms with Crippen LogP contribution in [-0.4, -0.2) is 16.0 Å². The van der Waals surface area contributed by atoms with E-state index in [-0.39, 0.29) is 27.6 Å². The second kappa shape index (κ2) is 7.07. The van der Waals surface area contributed by atoms with E-state index in [1.165, 1.54) is 6.20 Å². The van der Waals surface area contributed by atoms with Gasteiger partial charge in [0, 0.05) is 22.7 Å². The molecule has 5 heteroatoms. The van der Waals surface area contributed by atoms with Crippen LogP contribution in [0.4, 0.5) is 5.69 Å². The molecule has 152 valence electrons. The van der Waals surface area contributed by atoms with Gasteiger partial charge in [0.05, 0.1) is 5.69 Å². The normalized spacial score (nSPS) is 12.2. The summed E-state index contributed by atoms with van der Waals surface area (Å²) >= 11 is 0. The van der Waals surface area contributed by atoms with Gasteiger partial charge in [0.25, 0.3) is 5.91 Å². The molecule has 2 aromatic carbocycles. The molecule has 0 spiro atoms. The maximum atomic E-state index is 12.9. The lowest BCUT2D eigenvalue weighted by Gasteiger charge is -2.27. The van der Waals surface area contributed by atoms with Gasteiger partial charge in [0.1, 0.15) is 11.3 Å². The number of hydrogen-bond acceptors (Lipinski definition) is 3. The van der Waals surface area contributed by atoms with E-state index < -0.39 is 5.91 Å². The van der Waals surface area contributed by atoms with Gasteiger partial charge in [-0.25, -0.2) is 0 Å². The summed E-state index contributed by atoms with van der Waals surface area (Å²) in [6.45, 7) is 12.2. The molecule has 3 aromatic rings.